The highest BCUT2D eigenvalue weighted by Gasteiger charge is 2.28. The second kappa shape index (κ2) is 5.77. The van der Waals surface area contributed by atoms with E-state index in [-0.39, 0.29) is 5.91 Å². The molecule has 3 aromatic heterocycles. The van der Waals surface area contributed by atoms with Crippen molar-refractivity contribution in [3.8, 4) is 0 Å². The van der Waals surface area contributed by atoms with Crippen LogP contribution in [0, 0.1) is 6.92 Å². The molecule has 118 valence electrons. The smallest absolute Gasteiger partial charge is 0.255 e. The first-order valence-electron chi connectivity index (χ1n) is 7.85. The van der Waals surface area contributed by atoms with Crippen molar-refractivity contribution in [1.29, 1.82) is 0 Å². The van der Waals surface area contributed by atoms with E-state index in [1.165, 1.54) is 4.83 Å². The summed E-state index contributed by atoms with van der Waals surface area (Å²) in [6.45, 7) is 3.58. The first-order valence-corrected chi connectivity index (χ1v) is 8.73. The van der Waals surface area contributed by atoms with Crippen LogP contribution in [0.25, 0.3) is 4.83 Å². The number of hydrogen-bond donors (Lipinski definition) is 0. The lowest BCUT2D eigenvalue weighted by molar-refractivity contribution is 0.0706. The van der Waals surface area contributed by atoms with Crippen molar-refractivity contribution in [1.82, 2.24) is 19.3 Å². The Hall–Kier alpha value is -2.21. The van der Waals surface area contributed by atoms with Gasteiger partial charge in [0.15, 0.2) is 0 Å². The Balaban J connectivity index is 1.60. The molecule has 5 nitrogen and oxygen atoms in total. The lowest BCUT2D eigenvalue weighted by atomic mass is 9.95. The number of amides is 1. The Labute approximate surface area is 138 Å². The molecule has 1 atom stereocenters. The van der Waals surface area contributed by atoms with Gasteiger partial charge in [-0.3, -0.25) is 14.2 Å². The first-order chi connectivity index (χ1) is 11.2. The predicted molar refractivity (Wildman–Crippen MR) is 89.9 cm³/mol. The molecule has 3 aromatic rings. The number of piperidine rings is 1. The van der Waals surface area contributed by atoms with Crippen molar-refractivity contribution >= 4 is 22.1 Å². The van der Waals surface area contributed by atoms with Gasteiger partial charge in [-0.2, -0.15) is 0 Å². The third-order valence-corrected chi connectivity index (χ3v) is 5.35. The molecular formula is C17H18N4OS. The maximum atomic E-state index is 12.7. The first kappa shape index (κ1) is 14.4. The van der Waals surface area contributed by atoms with Gasteiger partial charge in [0.25, 0.3) is 5.91 Å². The van der Waals surface area contributed by atoms with Crippen molar-refractivity contribution in [2.24, 2.45) is 0 Å². The van der Waals surface area contributed by atoms with Gasteiger partial charge in [0.1, 0.15) is 10.7 Å². The van der Waals surface area contributed by atoms with E-state index in [0.717, 1.165) is 37.4 Å². The van der Waals surface area contributed by atoms with Gasteiger partial charge in [0.05, 0.1) is 11.3 Å². The number of nitrogens with zero attached hydrogens (tertiary/aromatic N) is 4. The van der Waals surface area contributed by atoms with Crippen molar-refractivity contribution in [3.05, 3.63) is 53.2 Å². The second-order valence-electron chi connectivity index (χ2n) is 5.95. The number of likely N-dealkylation sites (tertiary alicyclic amines) is 1. The summed E-state index contributed by atoms with van der Waals surface area (Å²) in [7, 11) is 0. The van der Waals surface area contributed by atoms with Crippen LogP contribution < -0.4 is 0 Å². The molecule has 0 saturated carbocycles. The molecule has 1 amide bonds. The highest BCUT2D eigenvalue weighted by Crippen LogP contribution is 2.32. The Morgan fingerprint density at radius 1 is 1.43 bits per heavy atom. The van der Waals surface area contributed by atoms with Gasteiger partial charge in [-0.05, 0) is 31.9 Å². The lowest BCUT2D eigenvalue weighted by Crippen LogP contribution is -2.39. The Kier molecular flexibility index (Phi) is 3.61. The van der Waals surface area contributed by atoms with Gasteiger partial charge in [-0.1, -0.05) is 0 Å². The maximum Gasteiger partial charge on any atom is 0.255 e. The molecule has 1 fully saturated rings. The monoisotopic (exact) mass is 326 g/mol. The molecule has 0 aromatic carbocycles. The fourth-order valence-electron chi connectivity index (χ4n) is 3.32. The molecule has 1 aliphatic rings. The fourth-order valence-corrected chi connectivity index (χ4v) is 4.27. The van der Waals surface area contributed by atoms with E-state index < -0.39 is 0 Å². The van der Waals surface area contributed by atoms with E-state index in [1.807, 2.05) is 24.0 Å². The van der Waals surface area contributed by atoms with Gasteiger partial charge >= 0.3 is 0 Å². The number of fused-ring (bicyclic) bond motifs is 1. The van der Waals surface area contributed by atoms with Crippen molar-refractivity contribution in [3.63, 3.8) is 0 Å². The minimum Gasteiger partial charge on any atom is -0.338 e. The van der Waals surface area contributed by atoms with Gasteiger partial charge in [0, 0.05) is 43.0 Å². The van der Waals surface area contributed by atoms with Crippen LogP contribution in [0.2, 0.25) is 0 Å². The summed E-state index contributed by atoms with van der Waals surface area (Å²) >= 11 is 1.72. The number of hydrogen-bond acceptors (Lipinski definition) is 4. The minimum absolute atomic E-state index is 0.0705. The van der Waals surface area contributed by atoms with Gasteiger partial charge in [-0.15, -0.1) is 11.3 Å². The zero-order valence-corrected chi connectivity index (χ0v) is 13.8. The summed E-state index contributed by atoms with van der Waals surface area (Å²) in [5.41, 5.74) is 1.80. The van der Waals surface area contributed by atoms with Crippen molar-refractivity contribution in [2.75, 3.05) is 13.1 Å². The van der Waals surface area contributed by atoms with Gasteiger partial charge in [-0.25, -0.2) is 4.98 Å². The molecule has 6 heteroatoms. The standard InChI is InChI=1S/C17H18N4OS/c1-12-19-15(17-21(12)8-9-23-17)14-5-3-7-20(11-14)16(22)13-4-2-6-18-10-13/h2,4,6,8-10,14H,3,5,7,11H2,1H3/t14-/m1/s1. The molecule has 0 spiro atoms. The largest absolute Gasteiger partial charge is 0.338 e. The SMILES string of the molecule is Cc1nc([C@@H]2CCCN(C(=O)c3cccnc3)C2)c2sccn12. The van der Waals surface area contributed by atoms with E-state index >= 15 is 0 Å². The van der Waals surface area contributed by atoms with E-state index in [9.17, 15) is 4.79 Å². The summed E-state index contributed by atoms with van der Waals surface area (Å²) in [6.07, 6.45) is 7.50. The number of carbonyl (C=O) groups is 1. The van der Waals surface area contributed by atoms with Crippen LogP contribution in [-0.4, -0.2) is 38.3 Å². The van der Waals surface area contributed by atoms with Gasteiger partial charge < -0.3 is 4.90 Å². The number of carbonyl (C=O) groups excluding carboxylic acids is 1. The van der Waals surface area contributed by atoms with E-state index in [0.29, 0.717) is 11.5 Å². The average Bonchev–Trinajstić information content (AvgIpc) is 3.19. The quantitative estimate of drug-likeness (QED) is 0.727. The topological polar surface area (TPSA) is 50.5 Å². The molecule has 4 heterocycles. The van der Waals surface area contributed by atoms with Crippen LogP contribution in [0.3, 0.4) is 0 Å². The predicted octanol–water partition coefficient (Wildman–Crippen LogP) is 3.12. The van der Waals surface area contributed by atoms with Crippen LogP contribution in [0.15, 0.2) is 36.1 Å². The highest BCUT2D eigenvalue weighted by atomic mass is 32.1. The number of rotatable bonds is 2. The summed E-state index contributed by atoms with van der Waals surface area (Å²) in [5, 5.41) is 2.09. The molecular weight excluding hydrogens is 308 g/mol. The van der Waals surface area contributed by atoms with Crippen molar-refractivity contribution in [2.45, 2.75) is 25.7 Å². The average molecular weight is 326 g/mol. The normalized spacial score (nSPS) is 18.5. The molecule has 1 aliphatic heterocycles. The molecule has 23 heavy (non-hydrogen) atoms. The van der Waals surface area contributed by atoms with Crippen LogP contribution in [0.5, 0.6) is 0 Å². The summed E-state index contributed by atoms with van der Waals surface area (Å²) < 4.78 is 2.14. The van der Waals surface area contributed by atoms with Crippen LogP contribution in [0.4, 0.5) is 0 Å². The number of aromatic nitrogens is 3. The molecule has 1 saturated heterocycles. The highest BCUT2D eigenvalue weighted by molar-refractivity contribution is 7.15. The minimum atomic E-state index is 0.0705. The summed E-state index contributed by atoms with van der Waals surface area (Å²) in [5.74, 6) is 1.40. The molecule has 4 rings (SSSR count). The van der Waals surface area contributed by atoms with Crippen LogP contribution in [0.1, 0.15) is 40.6 Å². The lowest BCUT2D eigenvalue weighted by Gasteiger charge is -2.32. The zero-order chi connectivity index (χ0) is 15.8. The zero-order valence-electron chi connectivity index (χ0n) is 13.0. The molecule has 0 unspecified atom stereocenters. The van der Waals surface area contributed by atoms with Crippen LogP contribution >= 0.6 is 11.3 Å². The van der Waals surface area contributed by atoms with Crippen molar-refractivity contribution < 1.29 is 4.79 Å². The Morgan fingerprint density at radius 2 is 2.35 bits per heavy atom. The van der Waals surface area contributed by atoms with Gasteiger partial charge in [0.2, 0.25) is 0 Å². The third kappa shape index (κ3) is 2.53. The molecule has 0 aliphatic carbocycles. The fraction of sp³-hybridized carbons (Fsp3) is 0.353. The third-order valence-electron chi connectivity index (χ3n) is 4.46. The molecule has 0 N–H and O–H groups in total. The number of imidazole rings is 1. The van der Waals surface area contributed by atoms with Crippen LogP contribution in [-0.2, 0) is 0 Å². The van der Waals surface area contributed by atoms with E-state index in [2.05, 4.69) is 21.0 Å². The number of aryl methyl sites for hydroxylation is 1. The Bertz CT molecular complexity index is 839. The van der Waals surface area contributed by atoms with E-state index in [4.69, 9.17) is 4.98 Å². The maximum absolute atomic E-state index is 12.7. The van der Waals surface area contributed by atoms with E-state index in [1.54, 1.807) is 23.7 Å². The second-order valence-corrected chi connectivity index (χ2v) is 6.85. The number of pyridine rings is 1. The molecule has 0 bridgehead atoms. The Morgan fingerprint density at radius 3 is 3.17 bits per heavy atom. The number of thiazole rings is 1. The summed E-state index contributed by atoms with van der Waals surface area (Å²) in [4.78, 5) is 24.6. The molecule has 0 radical (unpaired) electrons. The summed E-state index contributed by atoms with van der Waals surface area (Å²) in [6, 6.07) is 3.64.